The summed E-state index contributed by atoms with van der Waals surface area (Å²) in [5.74, 6) is 0. The Labute approximate surface area is 72.5 Å². The molecule has 1 nitrogen and oxygen atoms in total. The fraction of sp³-hybridized carbons (Fsp3) is 0.400. The van der Waals surface area contributed by atoms with Crippen LogP contribution in [0.1, 0.15) is 19.3 Å². The van der Waals surface area contributed by atoms with E-state index in [0.29, 0.717) is 6.33 Å². The van der Waals surface area contributed by atoms with Crippen molar-refractivity contribution in [3.8, 4) is 0 Å². The molecular weight excluding hydrogens is 153 g/mol. The van der Waals surface area contributed by atoms with E-state index in [9.17, 15) is 4.39 Å². The molecule has 0 aromatic carbocycles. The van der Waals surface area contributed by atoms with Crippen molar-refractivity contribution in [2.24, 2.45) is 5.73 Å². The molecule has 0 amide bonds. The Kier molecular flexibility index (Phi) is 2.82. The van der Waals surface area contributed by atoms with Crippen molar-refractivity contribution in [3.05, 3.63) is 36.7 Å². The zero-order valence-electron chi connectivity index (χ0n) is 7.09. The predicted molar refractivity (Wildman–Crippen MR) is 49.3 cm³/mol. The Morgan fingerprint density at radius 2 is 2.25 bits per heavy atom. The molecule has 0 aromatic heterocycles. The SMILES string of the molecule is C=CC/C(=C\C=C\F)C1(N)CC1. The Bertz CT molecular complexity index is 224. The van der Waals surface area contributed by atoms with E-state index in [0.717, 1.165) is 24.8 Å². The lowest BCUT2D eigenvalue weighted by Gasteiger charge is -2.11. The summed E-state index contributed by atoms with van der Waals surface area (Å²) < 4.78 is 11.7. The average molecular weight is 167 g/mol. The van der Waals surface area contributed by atoms with Gasteiger partial charge in [0.15, 0.2) is 0 Å². The molecular formula is C10H14FN. The summed E-state index contributed by atoms with van der Waals surface area (Å²) in [4.78, 5) is 0. The minimum absolute atomic E-state index is 0.159. The fourth-order valence-corrected chi connectivity index (χ4v) is 1.20. The monoisotopic (exact) mass is 167 g/mol. The third-order valence-electron chi connectivity index (χ3n) is 2.16. The van der Waals surface area contributed by atoms with Crippen molar-refractivity contribution in [2.75, 3.05) is 0 Å². The van der Waals surface area contributed by atoms with Crippen LogP contribution in [0.25, 0.3) is 0 Å². The highest BCUT2D eigenvalue weighted by molar-refractivity contribution is 5.31. The van der Waals surface area contributed by atoms with Crippen molar-refractivity contribution in [1.29, 1.82) is 0 Å². The minimum atomic E-state index is -0.159. The topological polar surface area (TPSA) is 26.0 Å². The molecule has 0 saturated heterocycles. The summed E-state index contributed by atoms with van der Waals surface area (Å²) in [6.45, 7) is 3.64. The van der Waals surface area contributed by atoms with Crippen LogP contribution in [0, 0.1) is 0 Å². The van der Waals surface area contributed by atoms with E-state index < -0.39 is 0 Å². The first kappa shape index (κ1) is 9.20. The highest BCUT2D eigenvalue weighted by Crippen LogP contribution is 2.40. The Hall–Kier alpha value is -0.890. The summed E-state index contributed by atoms with van der Waals surface area (Å²) in [5.41, 5.74) is 6.86. The molecule has 0 aliphatic heterocycles. The number of nitrogens with two attached hydrogens (primary N) is 1. The second-order valence-corrected chi connectivity index (χ2v) is 3.16. The van der Waals surface area contributed by atoms with E-state index in [1.54, 1.807) is 12.2 Å². The van der Waals surface area contributed by atoms with E-state index >= 15 is 0 Å². The summed E-state index contributed by atoms with van der Waals surface area (Å²) in [6, 6.07) is 0. The Morgan fingerprint density at radius 3 is 2.67 bits per heavy atom. The molecule has 0 spiro atoms. The van der Waals surface area contributed by atoms with E-state index in [-0.39, 0.29) is 5.54 Å². The van der Waals surface area contributed by atoms with Crippen molar-refractivity contribution in [1.82, 2.24) is 0 Å². The van der Waals surface area contributed by atoms with Gasteiger partial charge in [-0.3, -0.25) is 0 Å². The van der Waals surface area contributed by atoms with Crippen LogP contribution in [0.15, 0.2) is 36.7 Å². The molecule has 1 aliphatic carbocycles. The number of allylic oxidation sites excluding steroid dienone is 3. The minimum Gasteiger partial charge on any atom is -0.322 e. The maximum atomic E-state index is 11.7. The van der Waals surface area contributed by atoms with E-state index in [1.165, 1.54) is 6.08 Å². The smallest absolute Gasteiger partial charge is 0.0866 e. The van der Waals surface area contributed by atoms with Gasteiger partial charge in [-0.1, -0.05) is 12.2 Å². The summed E-state index contributed by atoms with van der Waals surface area (Å²) in [7, 11) is 0. The van der Waals surface area contributed by atoms with Crippen LogP contribution < -0.4 is 5.73 Å². The van der Waals surface area contributed by atoms with Gasteiger partial charge in [0.1, 0.15) is 0 Å². The summed E-state index contributed by atoms with van der Waals surface area (Å²) in [6.07, 6.45) is 8.21. The highest BCUT2D eigenvalue weighted by atomic mass is 19.1. The Morgan fingerprint density at radius 1 is 1.58 bits per heavy atom. The third-order valence-corrected chi connectivity index (χ3v) is 2.16. The predicted octanol–water partition coefficient (Wildman–Crippen LogP) is 2.46. The van der Waals surface area contributed by atoms with Gasteiger partial charge in [-0.05, 0) is 30.9 Å². The van der Waals surface area contributed by atoms with Crippen LogP contribution in [0.4, 0.5) is 4.39 Å². The van der Waals surface area contributed by atoms with Gasteiger partial charge < -0.3 is 5.73 Å². The normalized spacial score (nSPS) is 21.3. The van der Waals surface area contributed by atoms with Gasteiger partial charge in [0.2, 0.25) is 0 Å². The number of halogens is 1. The maximum absolute atomic E-state index is 11.7. The molecule has 1 fully saturated rings. The van der Waals surface area contributed by atoms with Crippen molar-refractivity contribution in [2.45, 2.75) is 24.8 Å². The molecule has 1 aliphatic rings. The standard InChI is InChI=1S/C10H14FN/c1-2-4-9(5-3-8-11)10(12)6-7-10/h2-3,5,8H,1,4,6-7,12H2/b8-3+,9-5+. The third kappa shape index (κ3) is 2.05. The number of rotatable bonds is 4. The molecule has 1 saturated carbocycles. The average Bonchev–Trinajstić information content (AvgIpc) is 2.78. The largest absolute Gasteiger partial charge is 0.322 e. The molecule has 0 bridgehead atoms. The molecule has 0 heterocycles. The molecule has 1 rings (SSSR count). The number of hydrogen-bond donors (Lipinski definition) is 1. The van der Waals surface area contributed by atoms with Gasteiger partial charge in [-0.25, -0.2) is 4.39 Å². The van der Waals surface area contributed by atoms with Gasteiger partial charge in [0.25, 0.3) is 0 Å². The van der Waals surface area contributed by atoms with Crippen LogP contribution in [-0.2, 0) is 0 Å². The van der Waals surface area contributed by atoms with Crippen LogP contribution in [0.2, 0.25) is 0 Å². The zero-order chi connectivity index (χ0) is 9.03. The van der Waals surface area contributed by atoms with Gasteiger partial charge in [0, 0.05) is 5.54 Å². The molecule has 12 heavy (non-hydrogen) atoms. The lowest BCUT2D eigenvalue weighted by molar-refractivity contribution is 0.719. The van der Waals surface area contributed by atoms with Crippen LogP contribution >= 0.6 is 0 Å². The van der Waals surface area contributed by atoms with Gasteiger partial charge in [-0.2, -0.15) is 0 Å². The van der Waals surface area contributed by atoms with Crippen LogP contribution in [0.5, 0.6) is 0 Å². The molecule has 0 atom stereocenters. The van der Waals surface area contributed by atoms with Crippen LogP contribution in [0.3, 0.4) is 0 Å². The van der Waals surface area contributed by atoms with E-state index in [2.05, 4.69) is 6.58 Å². The van der Waals surface area contributed by atoms with Crippen molar-refractivity contribution >= 4 is 0 Å². The summed E-state index contributed by atoms with van der Waals surface area (Å²) >= 11 is 0. The first-order chi connectivity index (χ1) is 5.73. The van der Waals surface area contributed by atoms with Gasteiger partial charge in [0.05, 0.1) is 6.33 Å². The van der Waals surface area contributed by atoms with Crippen molar-refractivity contribution in [3.63, 3.8) is 0 Å². The first-order valence-corrected chi connectivity index (χ1v) is 4.09. The fourth-order valence-electron chi connectivity index (χ4n) is 1.20. The molecule has 0 aromatic rings. The van der Waals surface area contributed by atoms with Gasteiger partial charge in [-0.15, -0.1) is 6.58 Å². The molecule has 66 valence electrons. The first-order valence-electron chi connectivity index (χ1n) is 4.09. The lowest BCUT2D eigenvalue weighted by atomic mass is 10.0. The molecule has 0 radical (unpaired) electrons. The van der Waals surface area contributed by atoms with Crippen molar-refractivity contribution < 1.29 is 4.39 Å². The maximum Gasteiger partial charge on any atom is 0.0866 e. The van der Waals surface area contributed by atoms with E-state index in [4.69, 9.17) is 5.73 Å². The second kappa shape index (κ2) is 3.68. The molecule has 0 unspecified atom stereocenters. The van der Waals surface area contributed by atoms with E-state index in [1.807, 2.05) is 0 Å². The quantitative estimate of drug-likeness (QED) is 0.505. The Balaban J connectivity index is 2.66. The second-order valence-electron chi connectivity index (χ2n) is 3.16. The highest BCUT2D eigenvalue weighted by Gasteiger charge is 2.40. The van der Waals surface area contributed by atoms with Gasteiger partial charge >= 0.3 is 0 Å². The lowest BCUT2D eigenvalue weighted by Crippen LogP contribution is -2.24. The molecule has 2 heteroatoms. The van der Waals surface area contributed by atoms with Crippen LogP contribution in [-0.4, -0.2) is 5.54 Å². The number of hydrogen-bond acceptors (Lipinski definition) is 1. The zero-order valence-corrected chi connectivity index (χ0v) is 7.09. The summed E-state index contributed by atoms with van der Waals surface area (Å²) in [5, 5.41) is 0. The molecule has 2 N–H and O–H groups in total.